The van der Waals surface area contributed by atoms with E-state index >= 15 is 0 Å². The van der Waals surface area contributed by atoms with Crippen LogP contribution in [0.25, 0.3) is 0 Å². The summed E-state index contributed by atoms with van der Waals surface area (Å²) in [5.74, 6) is -2.48. The largest absolute Gasteiger partial charge is 0.481 e. The minimum Gasteiger partial charge on any atom is -0.481 e. The van der Waals surface area contributed by atoms with Gasteiger partial charge in [0.2, 0.25) is 0 Å². The molecule has 1 rings (SSSR count). The molecule has 6 heteroatoms. The third kappa shape index (κ3) is 9.56. The third-order valence-corrected chi connectivity index (χ3v) is 4.14. The maximum Gasteiger partial charge on any atom is 0.308 e. The first-order chi connectivity index (χ1) is 11.0. The number of carbonyl (C=O) groups is 2. The van der Waals surface area contributed by atoms with E-state index in [1.54, 1.807) is 0 Å². The van der Waals surface area contributed by atoms with Gasteiger partial charge in [-0.1, -0.05) is 38.5 Å². The highest BCUT2D eigenvalue weighted by Crippen LogP contribution is 2.30. The van der Waals surface area contributed by atoms with Crippen molar-refractivity contribution in [2.24, 2.45) is 0 Å². The zero-order chi connectivity index (χ0) is 17.0. The lowest BCUT2D eigenvalue weighted by atomic mass is 10.1. The Labute approximate surface area is 138 Å². The number of hydrogen-bond acceptors (Lipinski definition) is 4. The molecule has 0 spiro atoms. The van der Waals surface area contributed by atoms with Gasteiger partial charge in [-0.3, -0.25) is 9.59 Å². The van der Waals surface area contributed by atoms with Gasteiger partial charge in [0.05, 0.1) is 19.6 Å². The van der Waals surface area contributed by atoms with Crippen LogP contribution in [0.3, 0.4) is 0 Å². The van der Waals surface area contributed by atoms with E-state index in [0.717, 1.165) is 57.8 Å². The summed E-state index contributed by atoms with van der Waals surface area (Å²) in [6.07, 6.45) is 10.00. The van der Waals surface area contributed by atoms with Gasteiger partial charge in [0.15, 0.2) is 5.79 Å². The number of ether oxygens (including phenoxy) is 2. The van der Waals surface area contributed by atoms with E-state index in [0.29, 0.717) is 19.6 Å². The predicted octanol–water partition coefficient (Wildman–Crippen LogP) is 3.58. The lowest BCUT2D eigenvalue weighted by Crippen LogP contribution is -2.34. The average molecular weight is 330 g/mol. The predicted molar refractivity (Wildman–Crippen MR) is 85.3 cm³/mol. The van der Waals surface area contributed by atoms with Crippen LogP contribution in [0.5, 0.6) is 0 Å². The smallest absolute Gasteiger partial charge is 0.308 e. The van der Waals surface area contributed by atoms with Crippen molar-refractivity contribution in [2.45, 2.75) is 82.8 Å². The maximum atomic E-state index is 10.9. The Bertz CT molecular complexity index is 349. The second-order valence-electron chi connectivity index (χ2n) is 6.25. The maximum absolute atomic E-state index is 10.9. The van der Waals surface area contributed by atoms with Crippen LogP contribution in [-0.4, -0.2) is 41.2 Å². The Balaban J connectivity index is 1.94. The summed E-state index contributed by atoms with van der Waals surface area (Å²) in [5, 5.41) is 17.5. The molecule has 0 saturated carbocycles. The van der Waals surface area contributed by atoms with E-state index in [-0.39, 0.29) is 12.8 Å². The Hall–Kier alpha value is -1.14. The molecule has 0 aromatic heterocycles. The fourth-order valence-electron chi connectivity index (χ4n) is 2.90. The molecule has 0 aromatic carbocycles. The number of carboxylic acid groups (broad SMARTS) is 2. The summed E-state index contributed by atoms with van der Waals surface area (Å²) in [7, 11) is 0. The Morgan fingerprint density at radius 3 is 2.04 bits per heavy atom. The molecule has 0 radical (unpaired) electrons. The SMILES string of the molecule is O=C(O)CCCCCCCCCCOC1(CC(=O)O)CCCO1. The number of carboxylic acids is 2. The van der Waals surface area contributed by atoms with E-state index < -0.39 is 17.7 Å². The molecule has 1 saturated heterocycles. The summed E-state index contributed by atoms with van der Waals surface area (Å²) in [6.45, 7) is 1.13. The minimum absolute atomic E-state index is 0.0800. The van der Waals surface area contributed by atoms with Gasteiger partial charge in [-0.05, 0) is 19.3 Å². The molecule has 1 unspecified atom stereocenters. The number of aliphatic carboxylic acids is 2. The molecule has 23 heavy (non-hydrogen) atoms. The second-order valence-corrected chi connectivity index (χ2v) is 6.25. The lowest BCUT2D eigenvalue weighted by Gasteiger charge is -2.26. The van der Waals surface area contributed by atoms with E-state index in [2.05, 4.69) is 0 Å². The topological polar surface area (TPSA) is 93.1 Å². The first kappa shape index (κ1) is 19.9. The van der Waals surface area contributed by atoms with Gasteiger partial charge in [-0.25, -0.2) is 0 Å². The first-order valence-corrected chi connectivity index (χ1v) is 8.76. The van der Waals surface area contributed by atoms with Gasteiger partial charge in [0, 0.05) is 12.8 Å². The highest BCUT2D eigenvalue weighted by molar-refractivity contribution is 5.68. The molecule has 1 fully saturated rings. The van der Waals surface area contributed by atoms with Crippen molar-refractivity contribution in [1.29, 1.82) is 0 Å². The molecule has 0 aromatic rings. The molecule has 1 atom stereocenters. The molecular formula is C17H30O6. The van der Waals surface area contributed by atoms with Gasteiger partial charge in [0.1, 0.15) is 0 Å². The van der Waals surface area contributed by atoms with Gasteiger partial charge in [-0.15, -0.1) is 0 Å². The van der Waals surface area contributed by atoms with Crippen molar-refractivity contribution in [2.75, 3.05) is 13.2 Å². The Morgan fingerprint density at radius 1 is 0.913 bits per heavy atom. The van der Waals surface area contributed by atoms with Crippen LogP contribution in [0, 0.1) is 0 Å². The van der Waals surface area contributed by atoms with E-state index in [1.165, 1.54) is 0 Å². The van der Waals surface area contributed by atoms with Gasteiger partial charge < -0.3 is 19.7 Å². The Morgan fingerprint density at radius 2 is 1.52 bits per heavy atom. The molecule has 1 aliphatic rings. The van der Waals surface area contributed by atoms with E-state index in [9.17, 15) is 9.59 Å². The molecule has 0 bridgehead atoms. The van der Waals surface area contributed by atoms with Crippen LogP contribution in [0.1, 0.15) is 77.0 Å². The second kappa shape index (κ2) is 11.4. The minimum atomic E-state index is -0.893. The van der Waals surface area contributed by atoms with E-state index in [4.69, 9.17) is 19.7 Å². The molecule has 2 N–H and O–H groups in total. The number of hydrogen-bond donors (Lipinski definition) is 2. The van der Waals surface area contributed by atoms with Crippen molar-refractivity contribution < 1.29 is 29.3 Å². The fraction of sp³-hybridized carbons (Fsp3) is 0.882. The van der Waals surface area contributed by atoms with Crippen molar-refractivity contribution in [3.63, 3.8) is 0 Å². The van der Waals surface area contributed by atoms with Crippen LogP contribution in [0.15, 0.2) is 0 Å². The van der Waals surface area contributed by atoms with Crippen LogP contribution in [0.4, 0.5) is 0 Å². The quantitative estimate of drug-likeness (QED) is 0.473. The van der Waals surface area contributed by atoms with Crippen molar-refractivity contribution in [3.05, 3.63) is 0 Å². The highest BCUT2D eigenvalue weighted by Gasteiger charge is 2.38. The first-order valence-electron chi connectivity index (χ1n) is 8.76. The van der Waals surface area contributed by atoms with Gasteiger partial charge in [-0.2, -0.15) is 0 Å². The van der Waals surface area contributed by atoms with Crippen molar-refractivity contribution >= 4 is 11.9 Å². The summed E-state index contributed by atoms with van der Waals surface area (Å²) >= 11 is 0. The molecule has 0 aliphatic carbocycles. The molecule has 0 amide bonds. The normalized spacial score (nSPS) is 20.7. The number of rotatable bonds is 14. The highest BCUT2D eigenvalue weighted by atomic mass is 16.7. The Kier molecular flexibility index (Phi) is 9.87. The van der Waals surface area contributed by atoms with Crippen LogP contribution < -0.4 is 0 Å². The third-order valence-electron chi connectivity index (χ3n) is 4.14. The van der Waals surface area contributed by atoms with Crippen molar-refractivity contribution in [1.82, 2.24) is 0 Å². The zero-order valence-corrected chi connectivity index (χ0v) is 13.9. The fourth-order valence-corrected chi connectivity index (χ4v) is 2.90. The van der Waals surface area contributed by atoms with Crippen LogP contribution in [-0.2, 0) is 19.1 Å². The van der Waals surface area contributed by atoms with E-state index in [1.807, 2.05) is 0 Å². The molecule has 6 nitrogen and oxygen atoms in total. The standard InChI is InChI=1S/C17H30O6/c18-15(19)10-7-5-3-1-2-4-6-8-12-22-17(14-16(20)21)11-9-13-23-17/h1-14H2,(H,18,19)(H,20,21). The van der Waals surface area contributed by atoms with Crippen LogP contribution in [0.2, 0.25) is 0 Å². The summed E-state index contributed by atoms with van der Waals surface area (Å²) in [6, 6.07) is 0. The molecule has 1 aliphatic heterocycles. The molecule has 1 heterocycles. The lowest BCUT2D eigenvalue weighted by molar-refractivity contribution is -0.218. The van der Waals surface area contributed by atoms with Crippen molar-refractivity contribution in [3.8, 4) is 0 Å². The zero-order valence-electron chi connectivity index (χ0n) is 13.9. The van der Waals surface area contributed by atoms with Gasteiger partial charge >= 0.3 is 11.9 Å². The molecular weight excluding hydrogens is 300 g/mol. The average Bonchev–Trinajstić information content (AvgIpc) is 2.92. The van der Waals surface area contributed by atoms with Crippen LogP contribution >= 0.6 is 0 Å². The summed E-state index contributed by atoms with van der Waals surface area (Å²) in [5.41, 5.74) is 0. The number of unbranched alkanes of at least 4 members (excludes halogenated alkanes) is 7. The van der Waals surface area contributed by atoms with Gasteiger partial charge in [0.25, 0.3) is 0 Å². The summed E-state index contributed by atoms with van der Waals surface area (Å²) in [4.78, 5) is 21.2. The monoisotopic (exact) mass is 330 g/mol. The summed E-state index contributed by atoms with van der Waals surface area (Å²) < 4.78 is 11.2. The molecule has 134 valence electrons.